The zero-order valence-corrected chi connectivity index (χ0v) is 22.2. The highest BCUT2D eigenvalue weighted by Crippen LogP contribution is 2.28. The summed E-state index contributed by atoms with van der Waals surface area (Å²) in [5.74, 6) is -0.614. The molecule has 36 heavy (non-hydrogen) atoms. The summed E-state index contributed by atoms with van der Waals surface area (Å²) in [5.41, 5.74) is 7.53. The summed E-state index contributed by atoms with van der Waals surface area (Å²) < 4.78 is 0. The molecule has 0 spiro atoms. The molecule has 3 aromatic rings. The molecule has 2 amide bonds. The van der Waals surface area contributed by atoms with E-state index in [0.717, 1.165) is 48.4 Å². The van der Waals surface area contributed by atoms with Crippen LogP contribution in [0.15, 0.2) is 59.0 Å². The van der Waals surface area contributed by atoms with E-state index in [0.29, 0.717) is 22.7 Å². The summed E-state index contributed by atoms with van der Waals surface area (Å²) in [6.45, 7) is 12.8. The Morgan fingerprint density at radius 1 is 1.03 bits per heavy atom. The SMILES string of the molecule is CCN(CC)CCNCc1cccc(C(=O)Nc2c(C)csc2C(=O)NN=Cc2ccc(C)cc2)c1. The van der Waals surface area contributed by atoms with Crippen LogP contribution in [-0.2, 0) is 6.54 Å². The third-order valence-electron chi connectivity index (χ3n) is 5.89. The van der Waals surface area contributed by atoms with E-state index in [1.54, 1.807) is 12.3 Å². The van der Waals surface area contributed by atoms with Crippen molar-refractivity contribution in [1.29, 1.82) is 0 Å². The summed E-state index contributed by atoms with van der Waals surface area (Å²) in [6, 6.07) is 15.4. The van der Waals surface area contributed by atoms with Gasteiger partial charge in [0.05, 0.1) is 11.9 Å². The number of hydrogen-bond donors (Lipinski definition) is 3. The molecule has 0 fully saturated rings. The number of benzene rings is 2. The molecule has 3 rings (SSSR count). The minimum atomic E-state index is -0.363. The van der Waals surface area contributed by atoms with Crippen molar-refractivity contribution in [3.8, 4) is 0 Å². The molecule has 0 saturated heterocycles. The first kappa shape index (κ1) is 27.3. The maximum atomic E-state index is 13.0. The molecule has 0 aliphatic rings. The molecule has 1 aromatic heterocycles. The number of aryl methyl sites for hydroxylation is 2. The van der Waals surface area contributed by atoms with E-state index in [9.17, 15) is 9.59 Å². The van der Waals surface area contributed by atoms with Gasteiger partial charge in [0.1, 0.15) is 4.88 Å². The zero-order chi connectivity index (χ0) is 25.9. The third-order valence-corrected chi connectivity index (χ3v) is 6.99. The minimum absolute atomic E-state index is 0.251. The molecule has 0 atom stereocenters. The van der Waals surface area contributed by atoms with Gasteiger partial charge in [0.25, 0.3) is 11.8 Å². The Labute approximate surface area is 217 Å². The fourth-order valence-corrected chi connectivity index (χ4v) is 4.55. The van der Waals surface area contributed by atoms with Gasteiger partial charge in [0, 0.05) is 25.2 Å². The van der Waals surface area contributed by atoms with Gasteiger partial charge < -0.3 is 15.5 Å². The van der Waals surface area contributed by atoms with Gasteiger partial charge in [-0.3, -0.25) is 9.59 Å². The summed E-state index contributed by atoms with van der Waals surface area (Å²) >= 11 is 1.28. The lowest BCUT2D eigenvalue weighted by atomic mass is 10.1. The minimum Gasteiger partial charge on any atom is -0.320 e. The Morgan fingerprint density at radius 3 is 2.50 bits per heavy atom. The van der Waals surface area contributed by atoms with Crippen LogP contribution in [0.5, 0.6) is 0 Å². The lowest BCUT2D eigenvalue weighted by Gasteiger charge is -2.18. The lowest BCUT2D eigenvalue weighted by Crippen LogP contribution is -2.31. The Bertz CT molecular complexity index is 1180. The van der Waals surface area contributed by atoms with Crippen molar-refractivity contribution in [2.45, 2.75) is 34.2 Å². The molecule has 2 aromatic carbocycles. The van der Waals surface area contributed by atoms with Gasteiger partial charge in [0.15, 0.2) is 0 Å². The van der Waals surface area contributed by atoms with Gasteiger partial charge in [-0.2, -0.15) is 5.10 Å². The van der Waals surface area contributed by atoms with Crippen molar-refractivity contribution in [3.05, 3.63) is 86.6 Å². The molecule has 8 heteroatoms. The lowest BCUT2D eigenvalue weighted by molar-refractivity contribution is 0.0960. The van der Waals surface area contributed by atoms with E-state index in [2.05, 4.69) is 39.9 Å². The number of carbonyl (C=O) groups excluding carboxylic acids is 2. The predicted octanol–water partition coefficient (Wildman–Crippen LogP) is 4.81. The number of thiophene rings is 1. The van der Waals surface area contributed by atoms with Crippen LogP contribution >= 0.6 is 11.3 Å². The van der Waals surface area contributed by atoms with Gasteiger partial charge in [-0.05, 0) is 61.1 Å². The van der Waals surface area contributed by atoms with E-state index in [4.69, 9.17) is 0 Å². The highest BCUT2D eigenvalue weighted by molar-refractivity contribution is 7.13. The average Bonchev–Trinajstić information content (AvgIpc) is 3.25. The number of carbonyl (C=O) groups is 2. The van der Waals surface area contributed by atoms with Crippen LogP contribution in [0.4, 0.5) is 5.69 Å². The van der Waals surface area contributed by atoms with Crippen LogP contribution < -0.4 is 16.1 Å². The number of likely N-dealkylation sites (N-methyl/N-ethyl adjacent to an activating group) is 1. The molecule has 0 aliphatic heterocycles. The number of nitrogens with zero attached hydrogens (tertiary/aromatic N) is 2. The first-order chi connectivity index (χ1) is 17.4. The van der Waals surface area contributed by atoms with E-state index in [1.807, 2.05) is 61.7 Å². The molecule has 0 saturated carbocycles. The highest BCUT2D eigenvalue weighted by Gasteiger charge is 2.19. The Balaban J connectivity index is 1.60. The fourth-order valence-electron chi connectivity index (χ4n) is 3.65. The summed E-state index contributed by atoms with van der Waals surface area (Å²) in [6.07, 6.45) is 1.59. The van der Waals surface area contributed by atoms with Crippen molar-refractivity contribution >= 4 is 35.1 Å². The topological polar surface area (TPSA) is 85.8 Å². The normalized spacial score (nSPS) is 11.2. The molecular formula is C28H35N5O2S. The van der Waals surface area contributed by atoms with Crippen molar-refractivity contribution in [1.82, 2.24) is 15.6 Å². The fraction of sp³-hybridized carbons (Fsp3) is 0.321. The average molecular weight is 506 g/mol. The molecule has 1 heterocycles. The quantitative estimate of drug-likeness (QED) is 0.187. The highest BCUT2D eigenvalue weighted by atomic mass is 32.1. The molecule has 0 aliphatic carbocycles. The van der Waals surface area contributed by atoms with Crippen LogP contribution in [0.2, 0.25) is 0 Å². The maximum absolute atomic E-state index is 13.0. The number of hydrazone groups is 1. The molecule has 0 unspecified atom stereocenters. The monoisotopic (exact) mass is 505 g/mol. The van der Waals surface area contributed by atoms with Crippen molar-refractivity contribution in [2.75, 3.05) is 31.5 Å². The van der Waals surface area contributed by atoms with Gasteiger partial charge in [-0.1, -0.05) is 55.8 Å². The second-order valence-electron chi connectivity index (χ2n) is 8.59. The largest absolute Gasteiger partial charge is 0.320 e. The number of rotatable bonds is 12. The summed E-state index contributed by atoms with van der Waals surface area (Å²) in [7, 11) is 0. The number of anilines is 1. The van der Waals surface area contributed by atoms with E-state index >= 15 is 0 Å². The molecular weight excluding hydrogens is 470 g/mol. The van der Waals surface area contributed by atoms with Crippen molar-refractivity contribution < 1.29 is 9.59 Å². The van der Waals surface area contributed by atoms with Crippen LogP contribution in [0, 0.1) is 13.8 Å². The third kappa shape index (κ3) is 7.84. The maximum Gasteiger partial charge on any atom is 0.283 e. The van der Waals surface area contributed by atoms with Crippen LogP contribution in [0.1, 0.15) is 56.1 Å². The van der Waals surface area contributed by atoms with Gasteiger partial charge in [-0.15, -0.1) is 11.3 Å². The first-order valence-electron chi connectivity index (χ1n) is 12.2. The van der Waals surface area contributed by atoms with E-state index in [-0.39, 0.29) is 11.8 Å². The predicted molar refractivity (Wildman–Crippen MR) is 149 cm³/mol. The number of amides is 2. The van der Waals surface area contributed by atoms with Crippen LogP contribution in [-0.4, -0.2) is 49.1 Å². The molecule has 7 nitrogen and oxygen atoms in total. The number of nitrogens with one attached hydrogen (secondary N) is 3. The Hall–Kier alpha value is -3.33. The Kier molecular flexibility index (Phi) is 10.4. The molecule has 3 N–H and O–H groups in total. The van der Waals surface area contributed by atoms with Crippen molar-refractivity contribution in [2.24, 2.45) is 5.10 Å². The van der Waals surface area contributed by atoms with E-state index in [1.165, 1.54) is 11.3 Å². The van der Waals surface area contributed by atoms with Gasteiger partial charge in [-0.25, -0.2) is 5.43 Å². The van der Waals surface area contributed by atoms with Gasteiger partial charge in [0.2, 0.25) is 0 Å². The second-order valence-corrected chi connectivity index (χ2v) is 9.47. The molecule has 0 bridgehead atoms. The smallest absolute Gasteiger partial charge is 0.283 e. The molecule has 190 valence electrons. The van der Waals surface area contributed by atoms with Crippen molar-refractivity contribution in [3.63, 3.8) is 0 Å². The van der Waals surface area contributed by atoms with Crippen LogP contribution in [0.25, 0.3) is 0 Å². The Morgan fingerprint density at radius 2 is 1.78 bits per heavy atom. The number of hydrogen-bond acceptors (Lipinski definition) is 6. The standard InChI is InChI=1S/C28H35N5O2S/c1-5-33(6-2)15-14-29-17-23-8-7-9-24(16-23)27(34)31-25-21(4)19-36-26(25)28(35)32-30-18-22-12-10-20(3)11-13-22/h7-13,16,18-19,29H,5-6,14-15,17H2,1-4H3,(H,31,34)(H,32,35). The second kappa shape index (κ2) is 13.7. The zero-order valence-electron chi connectivity index (χ0n) is 21.4. The van der Waals surface area contributed by atoms with Gasteiger partial charge >= 0.3 is 0 Å². The summed E-state index contributed by atoms with van der Waals surface area (Å²) in [4.78, 5) is 28.6. The first-order valence-corrected chi connectivity index (χ1v) is 13.1. The van der Waals surface area contributed by atoms with E-state index < -0.39 is 0 Å². The molecule has 0 radical (unpaired) electrons. The van der Waals surface area contributed by atoms with Crippen LogP contribution in [0.3, 0.4) is 0 Å². The summed E-state index contributed by atoms with van der Waals surface area (Å²) in [5, 5.41) is 12.3.